The summed E-state index contributed by atoms with van der Waals surface area (Å²) in [7, 11) is -3.44. The van der Waals surface area contributed by atoms with Crippen molar-refractivity contribution in [2.75, 3.05) is 26.0 Å². The van der Waals surface area contributed by atoms with Crippen LogP contribution in [0.2, 0.25) is 5.02 Å². The van der Waals surface area contributed by atoms with E-state index < -0.39 is 32.8 Å². The fourth-order valence-electron chi connectivity index (χ4n) is 7.68. The Kier molecular flexibility index (Phi) is 10.3. The van der Waals surface area contributed by atoms with Gasteiger partial charge in [-0.3, -0.25) is 8.98 Å². The Morgan fingerprint density at radius 3 is 2.25 bits per heavy atom. The average Bonchev–Trinajstić information content (AvgIpc) is 2.85. The van der Waals surface area contributed by atoms with Gasteiger partial charge < -0.3 is 14.7 Å². The summed E-state index contributed by atoms with van der Waals surface area (Å²) in [5.41, 5.74) is -0.396. The monoisotopic (exact) mass is 596 g/mol. The van der Waals surface area contributed by atoms with Gasteiger partial charge in [-0.15, -0.1) is 0 Å². The molecule has 2 aliphatic rings. The lowest BCUT2D eigenvalue weighted by Crippen LogP contribution is -2.68. The molecular weight excluding hydrogens is 552 g/mol. The van der Waals surface area contributed by atoms with Crippen LogP contribution in [0.3, 0.4) is 0 Å². The normalized spacial score (nSPS) is 24.6. The number of halogens is 1. The van der Waals surface area contributed by atoms with Gasteiger partial charge in [-0.1, -0.05) is 53.1 Å². The van der Waals surface area contributed by atoms with Crippen LogP contribution in [-0.2, 0) is 19.1 Å². The maximum Gasteiger partial charge on any atom is 0.306 e. The van der Waals surface area contributed by atoms with Crippen molar-refractivity contribution < 1.29 is 27.2 Å². The van der Waals surface area contributed by atoms with E-state index in [-0.39, 0.29) is 30.6 Å². The van der Waals surface area contributed by atoms with Crippen molar-refractivity contribution in [2.24, 2.45) is 34.5 Å². The molecule has 1 saturated carbocycles. The number of piperidine rings is 1. The third kappa shape index (κ3) is 7.31. The largest absolute Gasteiger partial charge is 0.489 e. The summed E-state index contributed by atoms with van der Waals surface area (Å²) in [6.45, 7) is 14.6. The van der Waals surface area contributed by atoms with E-state index in [2.05, 4.69) is 52.5 Å². The van der Waals surface area contributed by atoms with Gasteiger partial charge in [0.05, 0.1) is 29.4 Å². The molecule has 2 atom stereocenters. The topological polar surface area (TPSA) is 117 Å². The van der Waals surface area contributed by atoms with Gasteiger partial charge in [0.15, 0.2) is 0 Å². The molecule has 0 aromatic heterocycles. The van der Waals surface area contributed by atoms with Crippen molar-refractivity contribution in [1.82, 2.24) is 4.90 Å². The van der Waals surface area contributed by atoms with Gasteiger partial charge in [0.2, 0.25) is 0 Å². The van der Waals surface area contributed by atoms with Crippen LogP contribution in [0.15, 0.2) is 18.2 Å². The second kappa shape index (κ2) is 12.6. The highest BCUT2D eigenvalue weighted by Crippen LogP contribution is 2.63. The molecule has 1 saturated heterocycles. The molecule has 1 aromatic rings. The number of nitriles is 1. The number of hydrogen-bond acceptors (Lipinski definition) is 7. The number of carbonyl (C=O) groups is 1. The van der Waals surface area contributed by atoms with Crippen molar-refractivity contribution in [1.29, 1.82) is 5.26 Å². The van der Waals surface area contributed by atoms with E-state index in [9.17, 15) is 23.6 Å². The van der Waals surface area contributed by atoms with Gasteiger partial charge in [-0.05, 0) is 68.7 Å². The number of ether oxygens (including phenoxy) is 1. The highest BCUT2D eigenvalue weighted by molar-refractivity contribution is 7.85. The smallest absolute Gasteiger partial charge is 0.306 e. The Hall–Kier alpha value is -1.86. The molecular formula is C30H45ClN2O6S. The van der Waals surface area contributed by atoms with E-state index in [1.54, 1.807) is 18.2 Å². The fourth-order valence-corrected chi connectivity index (χ4v) is 8.33. The zero-order chi connectivity index (χ0) is 30.0. The minimum Gasteiger partial charge on any atom is -0.489 e. The maximum atomic E-state index is 12.7. The molecule has 2 fully saturated rings. The van der Waals surface area contributed by atoms with Crippen molar-refractivity contribution >= 4 is 27.7 Å². The lowest BCUT2D eigenvalue weighted by atomic mass is 9.42. The minimum atomic E-state index is -3.44. The van der Waals surface area contributed by atoms with E-state index in [0.29, 0.717) is 28.7 Å². The Morgan fingerprint density at radius 2 is 1.77 bits per heavy atom. The number of likely N-dealkylation sites (tertiary alicyclic amines) is 1. The first-order valence-electron chi connectivity index (χ1n) is 14.2. The molecule has 1 N–H and O–H groups in total. The van der Waals surface area contributed by atoms with Crippen LogP contribution < -0.4 is 4.74 Å². The van der Waals surface area contributed by atoms with Gasteiger partial charge in [0.1, 0.15) is 17.9 Å². The molecule has 1 aliphatic carbocycles. The van der Waals surface area contributed by atoms with Gasteiger partial charge in [0, 0.05) is 22.9 Å². The first kappa shape index (κ1) is 32.7. The second-order valence-corrected chi connectivity index (χ2v) is 15.2. The van der Waals surface area contributed by atoms with E-state index in [0.717, 1.165) is 38.6 Å². The van der Waals surface area contributed by atoms with Crippen molar-refractivity contribution in [3.8, 4) is 11.8 Å². The van der Waals surface area contributed by atoms with Gasteiger partial charge in [-0.25, -0.2) is 0 Å². The molecule has 1 aliphatic heterocycles. The predicted octanol–water partition coefficient (Wildman–Crippen LogP) is 5.84. The molecule has 224 valence electrons. The van der Waals surface area contributed by atoms with Crippen LogP contribution >= 0.6 is 11.6 Å². The molecule has 40 heavy (non-hydrogen) atoms. The standard InChI is InChI=1S/C30H45ClN2O6S/c1-19(2)25(33-14-12-20(13-15-33)18-38-40(7,36)37)11-10-23(27(34)35)26-29(3,4)28(30(26,5)6)39-22-9-8-21(17-32)24(31)16-22/h8-9,16,19-20,23,25-26,28H,10-15,18H2,1-7H3,(H,34,35)/t23-,25-,26?,28?/m1/s1. The lowest BCUT2D eigenvalue weighted by molar-refractivity contribution is -0.224. The fraction of sp³-hybridized carbons (Fsp3) is 0.733. The predicted molar refractivity (Wildman–Crippen MR) is 156 cm³/mol. The van der Waals surface area contributed by atoms with Crippen LogP contribution in [0, 0.1) is 45.8 Å². The summed E-state index contributed by atoms with van der Waals surface area (Å²) in [5, 5.41) is 19.9. The van der Waals surface area contributed by atoms with Crippen molar-refractivity contribution in [3.05, 3.63) is 28.8 Å². The Labute approximate surface area is 245 Å². The first-order chi connectivity index (χ1) is 18.5. The van der Waals surface area contributed by atoms with E-state index >= 15 is 0 Å². The number of benzene rings is 1. The van der Waals surface area contributed by atoms with Crippen LogP contribution in [0.4, 0.5) is 0 Å². The molecule has 0 spiro atoms. The van der Waals surface area contributed by atoms with Gasteiger partial charge in [-0.2, -0.15) is 13.7 Å². The maximum absolute atomic E-state index is 12.7. The van der Waals surface area contributed by atoms with Gasteiger partial charge in [0.25, 0.3) is 10.1 Å². The zero-order valence-corrected chi connectivity index (χ0v) is 26.4. The van der Waals surface area contributed by atoms with Crippen LogP contribution in [-0.4, -0.2) is 62.5 Å². The van der Waals surface area contributed by atoms with Crippen molar-refractivity contribution in [2.45, 2.75) is 79.4 Å². The van der Waals surface area contributed by atoms with E-state index in [1.807, 2.05) is 0 Å². The number of hydrogen-bond donors (Lipinski definition) is 1. The number of nitrogens with zero attached hydrogens (tertiary/aromatic N) is 2. The zero-order valence-electron chi connectivity index (χ0n) is 24.8. The lowest BCUT2D eigenvalue weighted by Gasteiger charge is -2.65. The summed E-state index contributed by atoms with van der Waals surface area (Å²) in [5.74, 6) is -0.238. The highest BCUT2D eigenvalue weighted by Gasteiger charge is 2.66. The summed E-state index contributed by atoms with van der Waals surface area (Å²) >= 11 is 6.22. The molecule has 10 heteroatoms. The summed E-state index contributed by atoms with van der Waals surface area (Å²) in [6, 6.07) is 7.33. The molecule has 8 nitrogen and oxygen atoms in total. The average molecular weight is 597 g/mol. The third-order valence-electron chi connectivity index (χ3n) is 9.17. The van der Waals surface area contributed by atoms with E-state index in [1.165, 1.54) is 0 Å². The van der Waals surface area contributed by atoms with Crippen LogP contribution in [0.25, 0.3) is 0 Å². The summed E-state index contributed by atoms with van der Waals surface area (Å²) < 4.78 is 34.1. The molecule has 1 heterocycles. The van der Waals surface area contributed by atoms with Crippen molar-refractivity contribution in [3.63, 3.8) is 0 Å². The first-order valence-corrected chi connectivity index (χ1v) is 16.4. The molecule has 0 radical (unpaired) electrons. The SMILES string of the molecule is CC(C)[C@@H](CC[C@@H](C(=O)O)C1C(C)(C)C(Oc2ccc(C#N)c(Cl)c2)C1(C)C)N1CCC(COS(C)(=O)=O)CC1. The second-order valence-electron chi connectivity index (χ2n) is 13.2. The number of rotatable bonds is 12. The molecule has 0 bridgehead atoms. The minimum absolute atomic E-state index is 0.0944. The highest BCUT2D eigenvalue weighted by atomic mass is 35.5. The molecule has 3 rings (SSSR count). The quantitative estimate of drug-likeness (QED) is 0.299. The van der Waals surface area contributed by atoms with Gasteiger partial charge >= 0.3 is 5.97 Å². The van der Waals surface area contributed by atoms with Crippen LogP contribution in [0.1, 0.15) is 72.8 Å². The Balaban J connectivity index is 1.67. The molecule has 0 amide bonds. The summed E-state index contributed by atoms with van der Waals surface area (Å²) in [6.07, 6.45) is 3.94. The Bertz CT molecular complexity index is 1190. The number of carboxylic acids is 1. The molecule has 0 unspecified atom stereocenters. The number of aliphatic carboxylic acids is 1. The number of carboxylic acid groups (broad SMARTS) is 1. The molecule has 1 aromatic carbocycles. The summed E-state index contributed by atoms with van der Waals surface area (Å²) in [4.78, 5) is 15.1. The third-order valence-corrected chi connectivity index (χ3v) is 10.0. The Morgan fingerprint density at radius 1 is 1.18 bits per heavy atom. The van der Waals surface area contributed by atoms with E-state index in [4.69, 9.17) is 20.5 Å². The van der Waals surface area contributed by atoms with Crippen LogP contribution in [0.5, 0.6) is 5.75 Å².